The van der Waals surface area contributed by atoms with Crippen molar-refractivity contribution in [3.8, 4) is 0 Å². The molecule has 0 bridgehead atoms. The van der Waals surface area contributed by atoms with Gasteiger partial charge in [0.2, 0.25) is 12.5 Å². The van der Waals surface area contributed by atoms with Crippen LogP contribution in [0.5, 0.6) is 0 Å². The molecule has 1 N–H and O–H groups in total. The minimum absolute atomic E-state index is 0.0430. The maximum absolute atomic E-state index is 12.3. The number of aromatic nitrogens is 1. The van der Waals surface area contributed by atoms with Crippen molar-refractivity contribution in [3.63, 3.8) is 0 Å². The third-order valence-corrected chi connectivity index (χ3v) is 6.12. The lowest BCUT2D eigenvalue weighted by Crippen LogP contribution is -2.38. The molecule has 0 amide bonds. The summed E-state index contributed by atoms with van der Waals surface area (Å²) in [6, 6.07) is 30.6. The van der Waals surface area contributed by atoms with Gasteiger partial charge in [-0.05, 0) is 16.7 Å². The van der Waals surface area contributed by atoms with Crippen molar-refractivity contribution >= 4 is 28.1 Å². The number of ether oxygens (including phenoxy) is 2. The lowest BCUT2D eigenvalue weighted by molar-refractivity contribution is -0.133. The van der Waals surface area contributed by atoms with E-state index < -0.39 is 11.5 Å². The highest BCUT2D eigenvalue weighted by atomic mass is 32.1. The average molecular weight is 488 g/mol. The Morgan fingerprint density at radius 1 is 0.886 bits per heavy atom. The molecule has 0 aliphatic rings. The van der Waals surface area contributed by atoms with E-state index in [-0.39, 0.29) is 12.5 Å². The van der Waals surface area contributed by atoms with Gasteiger partial charge >= 0.3 is 5.97 Å². The predicted molar refractivity (Wildman–Crippen MR) is 136 cm³/mol. The molecule has 0 spiro atoms. The third kappa shape index (κ3) is 5.24. The lowest BCUT2D eigenvalue weighted by Gasteiger charge is -2.36. The first kappa shape index (κ1) is 24.1. The minimum atomic E-state index is -0.742. The summed E-state index contributed by atoms with van der Waals surface area (Å²) in [5, 5.41) is 9.88. The van der Waals surface area contributed by atoms with Crippen LogP contribution in [0.2, 0.25) is 0 Å². The second-order valence-corrected chi connectivity index (χ2v) is 8.34. The topological polar surface area (TPSA) is 82.0 Å². The predicted octanol–water partition coefficient (Wildman–Crippen LogP) is 5.04. The van der Waals surface area contributed by atoms with Crippen molar-refractivity contribution in [2.24, 2.45) is 5.16 Å². The molecule has 0 fully saturated rings. The second-order valence-electron chi connectivity index (χ2n) is 7.48. The van der Waals surface area contributed by atoms with Crippen LogP contribution in [0.25, 0.3) is 0 Å². The number of benzene rings is 3. The highest BCUT2D eigenvalue weighted by Crippen LogP contribution is 2.40. The van der Waals surface area contributed by atoms with Crippen LogP contribution in [-0.2, 0) is 24.6 Å². The van der Waals surface area contributed by atoms with E-state index in [1.807, 2.05) is 54.6 Å². The zero-order chi connectivity index (χ0) is 24.5. The Morgan fingerprint density at radius 2 is 1.40 bits per heavy atom. The summed E-state index contributed by atoms with van der Waals surface area (Å²) in [6.07, 6.45) is 0. The number of thiazole rings is 1. The molecule has 7 nitrogen and oxygen atoms in total. The van der Waals surface area contributed by atoms with E-state index in [1.54, 1.807) is 5.38 Å². The number of hydrogen-bond donors (Lipinski definition) is 1. The second kappa shape index (κ2) is 11.4. The standard InChI is InChI=1S/C27H25N3O4S/c1-32-19-34-30-24(25(31)33-2)23-18-35-26(28-23)29-27(20-12-6-3-7-13-20,21-14-8-4-9-15-21)22-16-10-5-11-17-22/h3-18H,19H2,1-2H3,(H,28,29)/b30-24-. The molecule has 0 radical (unpaired) electrons. The summed E-state index contributed by atoms with van der Waals surface area (Å²) in [5.41, 5.74) is 2.68. The van der Waals surface area contributed by atoms with Crippen molar-refractivity contribution < 1.29 is 19.1 Å². The fraction of sp³-hybridized carbons (Fsp3) is 0.148. The van der Waals surface area contributed by atoms with E-state index in [4.69, 9.17) is 14.3 Å². The van der Waals surface area contributed by atoms with Gasteiger partial charge in [-0.3, -0.25) is 0 Å². The molecule has 4 aromatic rings. The molecule has 35 heavy (non-hydrogen) atoms. The number of carbonyl (C=O) groups excluding carboxylic acids is 1. The molecular formula is C27H25N3O4S. The Morgan fingerprint density at radius 3 is 1.86 bits per heavy atom. The Hall–Kier alpha value is -4.01. The van der Waals surface area contributed by atoms with Gasteiger partial charge in [0.25, 0.3) is 0 Å². The van der Waals surface area contributed by atoms with Gasteiger partial charge in [-0.15, -0.1) is 11.3 Å². The summed E-state index contributed by atoms with van der Waals surface area (Å²) in [5.74, 6) is -0.654. The zero-order valence-corrected chi connectivity index (χ0v) is 20.2. The average Bonchev–Trinajstić information content (AvgIpc) is 3.39. The van der Waals surface area contributed by atoms with Crippen LogP contribution in [0.4, 0.5) is 5.13 Å². The van der Waals surface area contributed by atoms with Crippen LogP contribution < -0.4 is 5.32 Å². The molecule has 0 aliphatic carbocycles. The Labute approximate surface area is 208 Å². The van der Waals surface area contributed by atoms with Crippen LogP contribution in [0.15, 0.2) is 102 Å². The van der Waals surface area contributed by atoms with E-state index in [9.17, 15) is 4.79 Å². The van der Waals surface area contributed by atoms with Gasteiger partial charge in [-0.25, -0.2) is 9.78 Å². The number of carbonyl (C=O) groups is 1. The van der Waals surface area contributed by atoms with Crippen molar-refractivity contribution in [3.05, 3.63) is 119 Å². The van der Waals surface area contributed by atoms with Crippen LogP contribution in [0.1, 0.15) is 22.4 Å². The molecule has 178 valence electrons. The Bertz CT molecular complexity index is 1160. The smallest absolute Gasteiger partial charge is 0.362 e. The lowest BCUT2D eigenvalue weighted by atomic mass is 9.77. The molecule has 1 heterocycles. The molecule has 0 atom stereocenters. The van der Waals surface area contributed by atoms with Gasteiger partial charge in [-0.1, -0.05) is 96.2 Å². The summed E-state index contributed by atoms with van der Waals surface area (Å²) in [4.78, 5) is 22.1. The SMILES string of the molecule is COCO/N=C(\C(=O)OC)c1csc(NC(c2ccccc2)(c2ccccc2)c2ccccc2)n1. The minimum Gasteiger partial charge on any atom is -0.464 e. The molecule has 8 heteroatoms. The van der Waals surface area contributed by atoms with Crippen molar-refractivity contribution in [2.45, 2.75) is 5.54 Å². The summed E-state index contributed by atoms with van der Waals surface area (Å²) < 4.78 is 9.72. The number of nitrogens with zero attached hydrogens (tertiary/aromatic N) is 2. The van der Waals surface area contributed by atoms with Crippen LogP contribution in [-0.4, -0.2) is 37.7 Å². The monoisotopic (exact) mass is 487 g/mol. The molecule has 0 aliphatic heterocycles. The fourth-order valence-electron chi connectivity index (χ4n) is 3.81. The molecular weight excluding hydrogens is 462 g/mol. The van der Waals surface area contributed by atoms with Crippen LogP contribution in [0, 0.1) is 0 Å². The highest BCUT2D eigenvalue weighted by Gasteiger charge is 2.37. The quantitative estimate of drug-likeness (QED) is 0.0842. The first-order valence-electron chi connectivity index (χ1n) is 10.9. The zero-order valence-electron chi connectivity index (χ0n) is 19.4. The molecule has 3 aromatic carbocycles. The number of anilines is 1. The Balaban J connectivity index is 1.83. The summed E-state index contributed by atoms with van der Waals surface area (Å²) in [6.45, 7) is -0.102. The van der Waals surface area contributed by atoms with Crippen LogP contribution in [0.3, 0.4) is 0 Å². The summed E-state index contributed by atoms with van der Waals surface area (Å²) in [7, 11) is 2.75. The number of nitrogens with one attached hydrogen (secondary N) is 1. The number of rotatable bonds is 10. The van der Waals surface area contributed by atoms with E-state index in [0.29, 0.717) is 10.8 Å². The van der Waals surface area contributed by atoms with Gasteiger partial charge < -0.3 is 19.6 Å². The van der Waals surface area contributed by atoms with Crippen molar-refractivity contribution in [2.75, 3.05) is 26.3 Å². The van der Waals surface area contributed by atoms with Gasteiger partial charge in [0.05, 0.1) is 7.11 Å². The normalized spacial score (nSPS) is 11.7. The van der Waals surface area contributed by atoms with E-state index in [0.717, 1.165) is 16.7 Å². The summed E-state index contributed by atoms with van der Waals surface area (Å²) >= 11 is 1.36. The van der Waals surface area contributed by atoms with E-state index in [2.05, 4.69) is 51.9 Å². The van der Waals surface area contributed by atoms with Crippen molar-refractivity contribution in [1.29, 1.82) is 0 Å². The highest BCUT2D eigenvalue weighted by molar-refractivity contribution is 7.14. The largest absolute Gasteiger partial charge is 0.464 e. The first-order valence-corrected chi connectivity index (χ1v) is 11.7. The maximum Gasteiger partial charge on any atom is 0.362 e. The number of esters is 1. The number of methoxy groups -OCH3 is 2. The van der Waals surface area contributed by atoms with Crippen molar-refractivity contribution in [1.82, 2.24) is 4.98 Å². The van der Waals surface area contributed by atoms with Gasteiger partial charge in [0.1, 0.15) is 11.2 Å². The first-order chi connectivity index (χ1) is 17.2. The van der Waals surface area contributed by atoms with Gasteiger partial charge in [0.15, 0.2) is 5.13 Å². The molecule has 0 saturated heterocycles. The van der Waals surface area contributed by atoms with E-state index in [1.165, 1.54) is 25.6 Å². The fourth-order valence-corrected chi connectivity index (χ4v) is 4.56. The number of hydrogen-bond acceptors (Lipinski definition) is 8. The maximum atomic E-state index is 12.3. The van der Waals surface area contributed by atoms with E-state index >= 15 is 0 Å². The number of oxime groups is 1. The third-order valence-electron chi connectivity index (χ3n) is 5.37. The molecule has 1 aromatic heterocycles. The molecule has 4 rings (SSSR count). The molecule has 0 saturated carbocycles. The molecule has 0 unspecified atom stereocenters. The Kier molecular flexibility index (Phi) is 7.87. The van der Waals surface area contributed by atoms with Crippen LogP contribution >= 0.6 is 11.3 Å². The van der Waals surface area contributed by atoms with Gasteiger partial charge in [0, 0.05) is 12.5 Å². The van der Waals surface area contributed by atoms with Gasteiger partial charge in [-0.2, -0.15) is 0 Å².